The van der Waals surface area contributed by atoms with E-state index in [0.717, 1.165) is 11.3 Å². The van der Waals surface area contributed by atoms with Gasteiger partial charge in [0.1, 0.15) is 17.4 Å². The van der Waals surface area contributed by atoms with Crippen LogP contribution in [-0.4, -0.2) is 43.1 Å². The van der Waals surface area contributed by atoms with Crippen molar-refractivity contribution in [3.8, 4) is 6.07 Å². The van der Waals surface area contributed by atoms with Crippen LogP contribution >= 0.6 is 11.3 Å². The minimum absolute atomic E-state index is 0.133. The lowest BCUT2D eigenvalue weighted by Crippen LogP contribution is -2.24. The number of hydrogen-bond acceptors (Lipinski definition) is 8. The molecule has 19 heavy (non-hydrogen) atoms. The monoisotopic (exact) mass is 304 g/mol. The minimum Gasteiger partial charge on any atom is -0.377 e. The molecule has 0 unspecified atom stereocenters. The van der Waals surface area contributed by atoms with E-state index in [2.05, 4.69) is 15.5 Å². The number of amides is 1. The zero-order valence-electron chi connectivity index (χ0n) is 10.1. The van der Waals surface area contributed by atoms with Crippen LogP contribution in [0.25, 0.3) is 0 Å². The molecule has 8 nitrogen and oxygen atoms in total. The average Bonchev–Trinajstić information content (AvgIpc) is 2.73. The van der Waals surface area contributed by atoms with E-state index in [1.54, 1.807) is 6.07 Å². The van der Waals surface area contributed by atoms with Crippen LogP contribution in [-0.2, 0) is 26.0 Å². The molecule has 0 aliphatic carbocycles. The van der Waals surface area contributed by atoms with Gasteiger partial charge in [0, 0.05) is 13.5 Å². The zero-order chi connectivity index (χ0) is 14.3. The maximum absolute atomic E-state index is 11.5. The summed E-state index contributed by atoms with van der Waals surface area (Å²) in [4.78, 5) is 11.5. The Morgan fingerprint density at radius 3 is 2.89 bits per heavy atom. The first-order valence-corrected chi connectivity index (χ1v) is 7.79. The van der Waals surface area contributed by atoms with Gasteiger partial charge in [0.25, 0.3) is 0 Å². The molecule has 0 fully saturated rings. The second-order valence-electron chi connectivity index (χ2n) is 3.48. The molecule has 0 saturated heterocycles. The molecule has 0 radical (unpaired) electrons. The van der Waals surface area contributed by atoms with Crippen molar-refractivity contribution in [3.05, 3.63) is 5.01 Å². The number of aromatic nitrogens is 2. The topological polar surface area (TPSA) is 122 Å². The van der Waals surface area contributed by atoms with Crippen molar-refractivity contribution in [2.24, 2.45) is 0 Å². The molecule has 1 aromatic rings. The van der Waals surface area contributed by atoms with Gasteiger partial charge in [-0.1, -0.05) is 11.3 Å². The quantitative estimate of drug-likeness (QED) is 0.749. The average molecular weight is 304 g/mol. The van der Waals surface area contributed by atoms with E-state index in [1.807, 2.05) is 0 Å². The Morgan fingerprint density at radius 1 is 1.53 bits per heavy atom. The van der Waals surface area contributed by atoms with Crippen LogP contribution in [0.1, 0.15) is 11.4 Å². The highest BCUT2D eigenvalue weighted by atomic mass is 32.2. The Hall–Kier alpha value is -1.57. The summed E-state index contributed by atoms with van der Waals surface area (Å²) in [5, 5.41) is 18.9. The third-order valence-electron chi connectivity index (χ3n) is 1.86. The van der Waals surface area contributed by atoms with Crippen LogP contribution in [0.2, 0.25) is 0 Å². The first-order valence-electron chi connectivity index (χ1n) is 5.15. The minimum atomic E-state index is -3.57. The lowest BCUT2D eigenvalue weighted by Gasteiger charge is -2.01. The van der Waals surface area contributed by atoms with Gasteiger partial charge < -0.3 is 4.74 Å². The third kappa shape index (κ3) is 5.73. The lowest BCUT2D eigenvalue weighted by atomic mass is 10.6. The Labute approximate surface area is 114 Å². The number of nitrogens with zero attached hydrogens (tertiary/aromatic N) is 3. The third-order valence-corrected chi connectivity index (χ3v) is 4.20. The fourth-order valence-corrected chi connectivity index (χ4v) is 2.86. The summed E-state index contributed by atoms with van der Waals surface area (Å²) in [6, 6.07) is 1.72. The molecule has 1 N–H and O–H groups in total. The van der Waals surface area contributed by atoms with Crippen molar-refractivity contribution < 1.29 is 17.9 Å². The molecule has 1 aromatic heterocycles. The van der Waals surface area contributed by atoms with Gasteiger partial charge in [0.05, 0.1) is 11.8 Å². The molecule has 0 saturated carbocycles. The van der Waals surface area contributed by atoms with Crippen LogP contribution in [0, 0.1) is 11.3 Å². The van der Waals surface area contributed by atoms with E-state index in [1.165, 1.54) is 7.11 Å². The summed E-state index contributed by atoms with van der Waals surface area (Å²) in [7, 11) is -2.07. The summed E-state index contributed by atoms with van der Waals surface area (Å²) in [5.74, 6) is -1.70. The molecule has 1 amide bonds. The fourth-order valence-electron chi connectivity index (χ4n) is 1.11. The molecule has 0 aliphatic heterocycles. The maximum atomic E-state index is 11.5. The highest BCUT2D eigenvalue weighted by molar-refractivity contribution is 7.92. The van der Waals surface area contributed by atoms with Gasteiger partial charge in [-0.2, -0.15) is 5.26 Å². The van der Waals surface area contributed by atoms with Gasteiger partial charge in [0.2, 0.25) is 11.0 Å². The Balaban J connectivity index is 2.53. The normalized spacial score (nSPS) is 10.9. The van der Waals surface area contributed by atoms with E-state index >= 15 is 0 Å². The molecule has 0 aliphatic rings. The number of rotatable bonds is 7. The summed E-state index contributed by atoms with van der Waals surface area (Å²) < 4.78 is 27.7. The Kier molecular flexibility index (Phi) is 5.81. The number of anilines is 1. The number of hydrogen-bond donors (Lipinski definition) is 1. The van der Waals surface area contributed by atoms with Crippen LogP contribution in [0.5, 0.6) is 0 Å². The van der Waals surface area contributed by atoms with E-state index in [4.69, 9.17) is 10.00 Å². The largest absolute Gasteiger partial charge is 0.377 e. The van der Waals surface area contributed by atoms with E-state index < -0.39 is 21.5 Å². The molecule has 1 heterocycles. The molecule has 104 valence electrons. The lowest BCUT2D eigenvalue weighted by molar-refractivity contribution is -0.113. The van der Waals surface area contributed by atoms with Crippen LogP contribution in [0.15, 0.2) is 0 Å². The maximum Gasteiger partial charge on any atom is 0.241 e. The van der Waals surface area contributed by atoms with Crippen molar-refractivity contribution in [1.29, 1.82) is 5.26 Å². The van der Waals surface area contributed by atoms with Crippen LogP contribution in [0.4, 0.5) is 5.13 Å². The van der Waals surface area contributed by atoms with Crippen LogP contribution < -0.4 is 5.32 Å². The molecule has 0 spiro atoms. The van der Waals surface area contributed by atoms with Gasteiger partial charge in [0.15, 0.2) is 9.84 Å². The van der Waals surface area contributed by atoms with Crippen LogP contribution in [0.3, 0.4) is 0 Å². The second kappa shape index (κ2) is 7.13. The zero-order valence-corrected chi connectivity index (χ0v) is 11.8. The fraction of sp³-hybridized carbons (Fsp3) is 0.556. The van der Waals surface area contributed by atoms with Gasteiger partial charge in [-0.05, 0) is 0 Å². The number of carbonyl (C=O) groups is 1. The first-order chi connectivity index (χ1) is 8.96. The molecule has 0 aromatic carbocycles. The molecule has 10 heteroatoms. The molecular weight excluding hydrogens is 292 g/mol. The Morgan fingerprint density at radius 2 is 2.26 bits per heavy atom. The predicted molar refractivity (Wildman–Crippen MR) is 68.1 cm³/mol. The summed E-state index contributed by atoms with van der Waals surface area (Å²) in [6.07, 6.45) is -0.133. The number of nitriles is 1. The number of sulfone groups is 1. The standard InChI is InChI=1S/C9H12N4O4S2/c1-17-5-8-12-13-9(18-8)11-7(14)6-19(15,16)4-2-3-10/h2,4-6H2,1H3,(H,11,13,14). The van der Waals surface area contributed by atoms with Crippen molar-refractivity contribution in [1.82, 2.24) is 10.2 Å². The number of methoxy groups -OCH3 is 1. The SMILES string of the molecule is COCc1nnc(NC(=O)CS(=O)(=O)CCC#N)s1. The van der Waals surface area contributed by atoms with Crippen molar-refractivity contribution in [3.63, 3.8) is 0 Å². The van der Waals surface area contributed by atoms with Gasteiger partial charge >= 0.3 is 0 Å². The predicted octanol–water partition coefficient (Wildman–Crippen LogP) is -0.0485. The highest BCUT2D eigenvalue weighted by Crippen LogP contribution is 2.15. The summed E-state index contributed by atoms with van der Waals surface area (Å²) in [6.45, 7) is 0.272. The molecule has 0 bridgehead atoms. The molecular formula is C9H12N4O4S2. The summed E-state index contributed by atoms with van der Waals surface area (Å²) >= 11 is 1.10. The number of nitrogens with one attached hydrogen (secondary N) is 1. The first kappa shape index (κ1) is 15.5. The highest BCUT2D eigenvalue weighted by Gasteiger charge is 2.17. The summed E-state index contributed by atoms with van der Waals surface area (Å²) in [5.41, 5.74) is 0. The van der Waals surface area contributed by atoms with Gasteiger partial charge in [-0.15, -0.1) is 10.2 Å². The molecule has 1 rings (SSSR count). The van der Waals surface area contributed by atoms with E-state index in [-0.39, 0.29) is 23.9 Å². The van der Waals surface area contributed by atoms with E-state index in [9.17, 15) is 13.2 Å². The smallest absolute Gasteiger partial charge is 0.241 e. The van der Waals surface area contributed by atoms with Crippen molar-refractivity contribution in [2.45, 2.75) is 13.0 Å². The van der Waals surface area contributed by atoms with E-state index in [0.29, 0.717) is 5.01 Å². The van der Waals surface area contributed by atoms with Crippen molar-refractivity contribution >= 4 is 32.2 Å². The van der Waals surface area contributed by atoms with Gasteiger partial charge in [-0.25, -0.2) is 8.42 Å². The van der Waals surface area contributed by atoms with Crippen molar-refractivity contribution in [2.75, 3.05) is 23.9 Å². The van der Waals surface area contributed by atoms with Gasteiger partial charge in [-0.3, -0.25) is 10.1 Å². The number of carbonyl (C=O) groups excluding carboxylic acids is 1. The molecule has 0 atom stereocenters. The Bertz CT molecular complexity index is 575. The number of ether oxygens (including phenoxy) is 1. The second-order valence-corrected chi connectivity index (χ2v) is 6.73.